The van der Waals surface area contributed by atoms with Gasteiger partial charge >= 0.3 is 0 Å². The highest BCUT2D eigenvalue weighted by molar-refractivity contribution is 6.05. The molecule has 158 valence electrons. The van der Waals surface area contributed by atoms with E-state index >= 15 is 0 Å². The van der Waals surface area contributed by atoms with Crippen molar-refractivity contribution in [1.29, 1.82) is 0 Å². The van der Waals surface area contributed by atoms with Gasteiger partial charge in [-0.05, 0) is 48.5 Å². The summed E-state index contributed by atoms with van der Waals surface area (Å²) in [5.74, 6) is 0.357. The number of nitrogens with zero attached hydrogens (tertiary/aromatic N) is 1. The van der Waals surface area contributed by atoms with Gasteiger partial charge in [-0.2, -0.15) is 0 Å². The second-order valence-electron chi connectivity index (χ2n) is 7.33. The average molecular weight is 415 g/mol. The normalized spacial score (nSPS) is 15.5. The summed E-state index contributed by atoms with van der Waals surface area (Å²) >= 11 is 0. The first-order valence-electron chi connectivity index (χ1n) is 10.1. The molecule has 0 bridgehead atoms. The summed E-state index contributed by atoms with van der Waals surface area (Å²) in [6.07, 6.45) is -0.0970. The Labute approximate surface area is 181 Å². The van der Waals surface area contributed by atoms with Crippen LogP contribution in [0.4, 0.5) is 17.1 Å². The number of hydrogen-bond donors (Lipinski definition) is 2. The van der Waals surface area contributed by atoms with Crippen molar-refractivity contribution in [3.63, 3.8) is 0 Å². The Hall–Kier alpha value is -3.77. The van der Waals surface area contributed by atoms with Crippen LogP contribution in [-0.2, 0) is 16.1 Å². The van der Waals surface area contributed by atoms with Crippen LogP contribution in [0.3, 0.4) is 0 Å². The average Bonchev–Trinajstić information content (AvgIpc) is 3.16. The zero-order valence-electron chi connectivity index (χ0n) is 17.2. The Kier molecular flexibility index (Phi) is 6.19. The molecule has 0 saturated carbocycles. The lowest BCUT2D eigenvalue weighted by molar-refractivity contribution is 0.0339. The molecule has 0 aliphatic carbocycles. The molecule has 3 N–H and O–H groups in total. The Bertz CT molecular complexity index is 1050. The third-order valence-corrected chi connectivity index (χ3v) is 5.06. The lowest BCUT2D eigenvalue weighted by atomic mass is 10.1. The maximum atomic E-state index is 12.5. The van der Waals surface area contributed by atoms with E-state index in [1.54, 1.807) is 24.3 Å². The van der Waals surface area contributed by atoms with Crippen LogP contribution in [0.15, 0.2) is 91.3 Å². The monoisotopic (exact) mass is 415 g/mol. The molecule has 3 aromatic rings. The van der Waals surface area contributed by atoms with Crippen molar-refractivity contribution in [2.75, 3.05) is 29.1 Å². The van der Waals surface area contributed by atoms with Crippen molar-refractivity contribution in [3.8, 4) is 0 Å². The van der Waals surface area contributed by atoms with E-state index in [9.17, 15) is 4.79 Å². The van der Waals surface area contributed by atoms with E-state index < -0.39 is 0 Å². The molecule has 4 rings (SSSR count). The predicted octanol–water partition coefficient (Wildman–Crippen LogP) is 4.41. The standard InChI is InChI=1S/C25H25N3O3/c1-18-28(15-22(31-18)17-30-16-19-7-3-2-4-8-19)21-13-11-20(12-14-21)25(29)27-24-10-6-5-9-23(24)26/h2-14,22H,1,15-17,26H2,(H,27,29). The van der Waals surface area contributed by atoms with Crippen molar-refractivity contribution in [3.05, 3.63) is 102 Å². The van der Waals surface area contributed by atoms with Gasteiger partial charge in [-0.1, -0.05) is 42.5 Å². The summed E-state index contributed by atoms with van der Waals surface area (Å²) in [7, 11) is 0. The molecule has 0 radical (unpaired) electrons. The number of carbonyl (C=O) groups is 1. The molecule has 0 spiro atoms. The van der Waals surface area contributed by atoms with Gasteiger partial charge in [-0.25, -0.2) is 0 Å². The summed E-state index contributed by atoms with van der Waals surface area (Å²) < 4.78 is 11.6. The fourth-order valence-corrected chi connectivity index (χ4v) is 3.42. The van der Waals surface area contributed by atoms with Crippen LogP contribution in [0, 0.1) is 0 Å². The van der Waals surface area contributed by atoms with Crippen LogP contribution in [0.25, 0.3) is 0 Å². The molecule has 6 heteroatoms. The quantitative estimate of drug-likeness (QED) is 0.559. The highest BCUT2D eigenvalue weighted by Gasteiger charge is 2.28. The molecule has 31 heavy (non-hydrogen) atoms. The number of nitrogens with one attached hydrogen (secondary N) is 1. The van der Waals surface area contributed by atoms with Gasteiger partial charge < -0.3 is 25.4 Å². The highest BCUT2D eigenvalue weighted by atomic mass is 16.6. The third-order valence-electron chi connectivity index (χ3n) is 5.06. The largest absolute Gasteiger partial charge is 0.472 e. The Morgan fingerprint density at radius 3 is 2.52 bits per heavy atom. The summed E-state index contributed by atoms with van der Waals surface area (Å²) in [6.45, 7) is 5.67. The third kappa shape index (κ3) is 5.05. The van der Waals surface area contributed by atoms with Crippen LogP contribution >= 0.6 is 0 Å². The SMILES string of the molecule is C=C1OC(COCc2ccccc2)CN1c1ccc(C(=O)Nc2ccccc2N)cc1. The highest BCUT2D eigenvalue weighted by Crippen LogP contribution is 2.27. The minimum atomic E-state index is -0.215. The number of ether oxygens (including phenoxy) is 2. The summed E-state index contributed by atoms with van der Waals surface area (Å²) in [5, 5.41) is 2.83. The second kappa shape index (κ2) is 9.36. The summed E-state index contributed by atoms with van der Waals surface area (Å²) in [6, 6.07) is 24.5. The van der Waals surface area contributed by atoms with Gasteiger partial charge in [0.15, 0.2) is 5.88 Å². The van der Waals surface area contributed by atoms with Crippen molar-refractivity contribution in [1.82, 2.24) is 0 Å². The topological polar surface area (TPSA) is 76.8 Å². The molecule has 1 unspecified atom stereocenters. The van der Waals surface area contributed by atoms with Crippen molar-refractivity contribution < 1.29 is 14.3 Å². The van der Waals surface area contributed by atoms with Gasteiger partial charge in [-0.15, -0.1) is 0 Å². The Balaban J connectivity index is 1.32. The van der Waals surface area contributed by atoms with E-state index in [1.165, 1.54) is 0 Å². The van der Waals surface area contributed by atoms with Gasteiger partial charge in [0.2, 0.25) is 0 Å². The minimum absolute atomic E-state index is 0.0970. The first-order chi connectivity index (χ1) is 15.1. The predicted molar refractivity (Wildman–Crippen MR) is 123 cm³/mol. The fraction of sp³-hybridized carbons (Fsp3) is 0.160. The molecular formula is C25H25N3O3. The van der Waals surface area contributed by atoms with Crippen molar-refractivity contribution in [2.24, 2.45) is 0 Å². The number of rotatable bonds is 7. The Morgan fingerprint density at radius 2 is 1.77 bits per heavy atom. The van der Waals surface area contributed by atoms with E-state index in [-0.39, 0.29) is 12.0 Å². The molecule has 1 saturated heterocycles. The Morgan fingerprint density at radius 1 is 1.06 bits per heavy atom. The maximum absolute atomic E-state index is 12.5. The summed E-state index contributed by atoms with van der Waals surface area (Å²) in [5.41, 5.74) is 9.59. The molecule has 0 aromatic heterocycles. The van der Waals surface area contributed by atoms with E-state index in [4.69, 9.17) is 15.2 Å². The molecular weight excluding hydrogens is 390 g/mol. The lowest BCUT2D eigenvalue weighted by Crippen LogP contribution is -2.24. The molecule has 1 aliphatic heterocycles. The van der Waals surface area contributed by atoms with Crippen LogP contribution in [0.1, 0.15) is 15.9 Å². The van der Waals surface area contributed by atoms with Crippen molar-refractivity contribution in [2.45, 2.75) is 12.7 Å². The maximum Gasteiger partial charge on any atom is 0.255 e. The number of amides is 1. The van der Waals surface area contributed by atoms with Gasteiger partial charge in [0.25, 0.3) is 5.91 Å². The minimum Gasteiger partial charge on any atom is -0.472 e. The molecule has 1 atom stereocenters. The van der Waals surface area contributed by atoms with Gasteiger partial charge in [0.05, 0.1) is 31.1 Å². The first kappa shape index (κ1) is 20.5. The van der Waals surface area contributed by atoms with Crippen LogP contribution in [0.2, 0.25) is 0 Å². The number of hydrogen-bond acceptors (Lipinski definition) is 5. The van der Waals surface area contributed by atoms with Gasteiger partial charge in [0, 0.05) is 11.3 Å². The zero-order chi connectivity index (χ0) is 21.6. The number of nitrogen functional groups attached to an aromatic ring is 1. The molecule has 1 heterocycles. The fourth-order valence-electron chi connectivity index (χ4n) is 3.42. The number of carbonyl (C=O) groups excluding carboxylic acids is 1. The second-order valence-corrected chi connectivity index (χ2v) is 7.33. The molecule has 1 fully saturated rings. The number of para-hydroxylation sites is 2. The number of benzene rings is 3. The van der Waals surface area contributed by atoms with Crippen LogP contribution in [0.5, 0.6) is 0 Å². The first-order valence-corrected chi connectivity index (χ1v) is 10.1. The molecule has 6 nitrogen and oxygen atoms in total. The van der Waals surface area contributed by atoms with Crippen LogP contribution in [-0.4, -0.2) is 25.2 Å². The lowest BCUT2D eigenvalue weighted by Gasteiger charge is -2.16. The molecule has 3 aromatic carbocycles. The van der Waals surface area contributed by atoms with Crippen molar-refractivity contribution >= 4 is 23.0 Å². The molecule has 1 aliphatic rings. The van der Waals surface area contributed by atoms with E-state index in [0.717, 1.165) is 11.3 Å². The smallest absolute Gasteiger partial charge is 0.255 e. The van der Waals surface area contributed by atoms with E-state index in [0.29, 0.717) is 42.6 Å². The molecule has 1 amide bonds. The number of nitrogens with two attached hydrogens (primary N) is 1. The van der Waals surface area contributed by atoms with E-state index in [1.807, 2.05) is 59.5 Å². The number of anilines is 3. The van der Waals surface area contributed by atoms with E-state index in [2.05, 4.69) is 11.9 Å². The summed E-state index contributed by atoms with van der Waals surface area (Å²) in [4.78, 5) is 14.5. The van der Waals surface area contributed by atoms with Gasteiger partial charge in [-0.3, -0.25) is 4.79 Å². The zero-order valence-corrected chi connectivity index (χ0v) is 17.2. The van der Waals surface area contributed by atoms with Crippen LogP contribution < -0.4 is 16.0 Å². The van der Waals surface area contributed by atoms with Gasteiger partial charge in [0.1, 0.15) is 6.10 Å².